The third kappa shape index (κ3) is 6.08. The second-order valence-electron chi connectivity index (χ2n) is 5.63. The van der Waals surface area contributed by atoms with E-state index in [-0.39, 0.29) is 41.5 Å². The molecule has 0 spiro atoms. The zero-order chi connectivity index (χ0) is 18.2. The van der Waals surface area contributed by atoms with Crippen molar-refractivity contribution < 1.29 is 40.5 Å². The molecule has 0 amide bonds. The summed E-state index contributed by atoms with van der Waals surface area (Å²) in [7, 11) is 0. The molecule has 0 fully saturated rings. The summed E-state index contributed by atoms with van der Waals surface area (Å²) in [4.78, 5) is 28.5. The highest BCUT2D eigenvalue weighted by Gasteiger charge is 2.25. The predicted molar refractivity (Wildman–Crippen MR) is 91.7 cm³/mol. The van der Waals surface area contributed by atoms with E-state index in [1.807, 2.05) is 0 Å². The number of halogens is 1. The first-order valence-electron chi connectivity index (χ1n) is 8.65. The Morgan fingerprint density at radius 1 is 0.960 bits per heavy atom. The summed E-state index contributed by atoms with van der Waals surface area (Å²) in [5.41, 5.74) is 1.10. The van der Waals surface area contributed by atoms with Gasteiger partial charge >= 0.3 is 11.9 Å². The average Bonchev–Trinajstić information content (AvgIpc) is 2.60. The van der Waals surface area contributed by atoms with Crippen molar-refractivity contribution >= 4 is 11.9 Å². The molecule has 6 nitrogen and oxygen atoms in total. The van der Waals surface area contributed by atoms with E-state index in [9.17, 15) is 9.59 Å². The Bertz CT molecular complexity index is 566. The molecule has 0 saturated heterocycles. The maximum absolute atomic E-state index is 12.2. The fourth-order valence-corrected chi connectivity index (χ4v) is 2.71. The third-order valence-electron chi connectivity index (χ3n) is 4.44. The molecule has 1 aromatic rings. The minimum Gasteiger partial charge on any atom is -1.00 e. The van der Waals surface area contributed by atoms with E-state index < -0.39 is 11.9 Å². The number of rotatable bonds is 9. The number of nitrogens with zero attached hydrogens (tertiary/aromatic N) is 2. The van der Waals surface area contributed by atoms with E-state index in [4.69, 9.17) is 9.47 Å². The van der Waals surface area contributed by atoms with Gasteiger partial charge < -0.3 is 30.9 Å². The van der Waals surface area contributed by atoms with Gasteiger partial charge in [-0.25, -0.2) is 14.6 Å². The van der Waals surface area contributed by atoms with Crippen LogP contribution in [0.5, 0.6) is 0 Å². The minimum absolute atomic E-state index is 0. The molecular weight excluding hydrogens is 388 g/mol. The molecule has 1 aromatic heterocycles. The van der Waals surface area contributed by atoms with Gasteiger partial charge in [0.2, 0.25) is 0 Å². The van der Waals surface area contributed by atoms with Crippen LogP contribution in [0.3, 0.4) is 0 Å². The normalized spacial score (nSPS) is 10.8. The van der Waals surface area contributed by atoms with Crippen LogP contribution < -0.4 is 17.0 Å². The molecule has 25 heavy (non-hydrogen) atoms. The highest BCUT2D eigenvalue weighted by Crippen LogP contribution is 2.18. The molecule has 1 heterocycles. The van der Waals surface area contributed by atoms with Crippen LogP contribution in [-0.2, 0) is 16.0 Å². The summed E-state index contributed by atoms with van der Waals surface area (Å²) in [6, 6.07) is 1.71. The third-order valence-corrected chi connectivity index (χ3v) is 4.44. The van der Waals surface area contributed by atoms with Crippen molar-refractivity contribution in [3.05, 3.63) is 29.1 Å². The highest BCUT2D eigenvalue weighted by atomic mass is 79.9. The van der Waals surface area contributed by atoms with Crippen molar-refractivity contribution in [1.82, 2.24) is 4.98 Å². The molecule has 0 saturated carbocycles. The highest BCUT2D eigenvalue weighted by molar-refractivity contribution is 6.01. The SMILES string of the molecule is CCOC(=O)c1cc(C[N+](CC)(CC)CC)cnc1C(=O)OCC.[Br-]. The molecule has 0 aliphatic rings. The second-order valence-corrected chi connectivity index (χ2v) is 5.63. The topological polar surface area (TPSA) is 65.5 Å². The lowest BCUT2D eigenvalue weighted by Crippen LogP contribution is -3.00. The number of hydrogen-bond acceptors (Lipinski definition) is 5. The zero-order valence-corrected chi connectivity index (χ0v) is 17.4. The number of carbonyl (C=O) groups excluding carboxylic acids is 2. The molecular formula is C18H29BrN2O4. The Kier molecular flexibility index (Phi) is 10.5. The van der Waals surface area contributed by atoms with Gasteiger partial charge in [-0.15, -0.1) is 0 Å². The van der Waals surface area contributed by atoms with Gasteiger partial charge in [0, 0.05) is 11.8 Å². The van der Waals surface area contributed by atoms with Crippen LogP contribution in [0.15, 0.2) is 12.3 Å². The molecule has 0 bridgehead atoms. The first kappa shape index (κ1) is 23.5. The molecule has 0 N–H and O–H groups in total. The van der Waals surface area contributed by atoms with Gasteiger partial charge in [0.25, 0.3) is 0 Å². The molecule has 0 radical (unpaired) electrons. The molecule has 0 unspecified atom stereocenters. The average molecular weight is 417 g/mol. The Labute approximate surface area is 160 Å². The molecule has 0 aliphatic heterocycles. The van der Waals surface area contributed by atoms with Crippen molar-refractivity contribution in [3.63, 3.8) is 0 Å². The number of carbonyl (C=O) groups is 2. The summed E-state index contributed by atoms with van der Waals surface area (Å²) in [5, 5.41) is 0. The van der Waals surface area contributed by atoms with Gasteiger partial charge in [-0.3, -0.25) is 0 Å². The Balaban J connectivity index is 0.00000576. The summed E-state index contributed by atoms with van der Waals surface area (Å²) in [6.45, 7) is 14.1. The smallest absolute Gasteiger partial charge is 0.357 e. The first-order chi connectivity index (χ1) is 11.5. The Morgan fingerprint density at radius 2 is 1.48 bits per heavy atom. The van der Waals surface area contributed by atoms with Crippen LogP contribution in [0.4, 0.5) is 0 Å². The second kappa shape index (κ2) is 11.2. The van der Waals surface area contributed by atoms with Crippen LogP contribution in [0.2, 0.25) is 0 Å². The fraction of sp³-hybridized carbons (Fsp3) is 0.611. The summed E-state index contributed by atoms with van der Waals surface area (Å²) < 4.78 is 10.9. The summed E-state index contributed by atoms with van der Waals surface area (Å²) >= 11 is 0. The van der Waals surface area contributed by atoms with Crippen LogP contribution in [-0.4, -0.2) is 54.3 Å². The quantitative estimate of drug-likeness (QED) is 0.412. The molecule has 1 rings (SSSR count). The van der Waals surface area contributed by atoms with E-state index in [0.717, 1.165) is 36.2 Å². The van der Waals surface area contributed by atoms with Gasteiger partial charge in [-0.05, 0) is 40.7 Å². The predicted octanol–water partition coefficient (Wildman–Crippen LogP) is -0.184. The number of quaternary nitrogens is 1. The molecule has 0 aliphatic carbocycles. The lowest BCUT2D eigenvalue weighted by Gasteiger charge is -2.35. The lowest BCUT2D eigenvalue weighted by molar-refractivity contribution is -0.936. The van der Waals surface area contributed by atoms with Crippen LogP contribution in [0, 0.1) is 0 Å². The monoisotopic (exact) mass is 416 g/mol. The fourth-order valence-electron chi connectivity index (χ4n) is 2.71. The molecule has 142 valence electrons. The van der Waals surface area contributed by atoms with Gasteiger partial charge in [0.1, 0.15) is 6.54 Å². The largest absolute Gasteiger partial charge is 1.00 e. The number of aromatic nitrogens is 1. The van der Waals surface area contributed by atoms with Gasteiger partial charge in [0.05, 0.1) is 38.4 Å². The van der Waals surface area contributed by atoms with Crippen molar-refractivity contribution in [2.24, 2.45) is 0 Å². The van der Waals surface area contributed by atoms with Gasteiger partial charge in [-0.2, -0.15) is 0 Å². The van der Waals surface area contributed by atoms with E-state index in [2.05, 4.69) is 25.8 Å². The van der Waals surface area contributed by atoms with E-state index in [1.165, 1.54) is 0 Å². The van der Waals surface area contributed by atoms with Crippen molar-refractivity contribution in [3.8, 4) is 0 Å². The number of ether oxygens (including phenoxy) is 2. The summed E-state index contributed by atoms with van der Waals surface area (Å²) in [5.74, 6) is -1.15. The lowest BCUT2D eigenvalue weighted by atomic mass is 10.1. The molecule has 7 heteroatoms. The summed E-state index contributed by atoms with van der Waals surface area (Å²) in [6.07, 6.45) is 1.66. The number of esters is 2. The van der Waals surface area contributed by atoms with E-state index >= 15 is 0 Å². The minimum atomic E-state index is -0.602. The standard InChI is InChI=1S/C18H29N2O4.BrH/c1-6-20(7-2,8-3)13-14-11-15(17(21)23-9-4)16(19-12-14)18(22)24-10-5;/h11-12H,6-10,13H2,1-5H3;1H/q+1;/p-1. The maximum atomic E-state index is 12.2. The van der Waals surface area contributed by atoms with Gasteiger partial charge in [-0.1, -0.05) is 0 Å². The number of hydrogen-bond donors (Lipinski definition) is 0. The Morgan fingerprint density at radius 3 is 1.96 bits per heavy atom. The molecule has 0 aromatic carbocycles. The van der Waals surface area contributed by atoms with Crippen molar-refractivity contribution in [2.75, 3.05) is 32.8 Å². The maximum Gasteiger partial charge on any atom is 0.357 e. The number of pyridine rings is 1. The zero-order valence-electron chi connectivity index (χ0n) is 15.8. The molecule has 0 atom stereocenters. The van der Waals surface area contributed by atoms with Crippen LogP contribution in [0.1, 0.15) is 61.0 Å². The van der Waals surface area contributed by atoms with Crippen molar-refractivity contribution in [1.29, 1.82) is 0 Å². The van der Waals surface area contributed by atoms with Gasteiger partial charge in [0.15, 0.2) is 5.69 Å². The Hall–Kier alpha value is -1.47. The van der Waals surface area contributed by atoms with Crippen LogP contribution >= 0.6 is 0 Å². The van der Waals surface area contributed by atoms with Crippen LogP contribution in [0.25, 0.3) is 0 Å². The van der Waals surface area contributed by atoms with E-state index in [1.54, 1.807) is 26.1 Å². The first-order valence-corrected chi connectivity index (χ1v) is 8.65. The van der Waals surface area contributed by atoms with E-state index in [0.29, 0.717) is 0 Å². The van der Waals surface area contributed by atoms with Crippen molar-refractivity contribution in [2.45, 2.75) is 41.2 Å².